The second-order valence-electron chi connectivity index (χ2n) is 4.98. The van der Waals surface area contributed by atoms with Crippen LogP contribution in [0.5, 0.6) is 0 Å². The fourth-order valence-electron chi connectivity index (χ4n) is 2.45. The van der Waals surface area contributed by atoms with Crippen molar-refractivity contribution in [1.29, 1.82) is 0 Å². The van der Waals surface area contributed by atoms with Crippen LogP contribution in [-0.2, 0) is 11.3 Å². The summed E-state index contributed by atoms with van der Waals surface area (Å²) in [6.07, 6.45) is -1.59. The Balaban J connectivity index is 2.02. The number of hydrogen-bond acceptors (Lipinski definition) is 4. The third kappa shape index (κ3) is 3.53. The summed E-state index contributed by atoms with van der Waals surface area (Å²) in [4.78, 5) is 13.0. The van der Waals surface area contributed by atoms with Crippen molar-refractivity contribution in [3.63, 3.8) is 0 Å². The normalized spacial score (nSPS) is 27.4. The number of nitrogens with one attached hydrogen (secondary N) is 1. The molecule has 1 aromatic rings. The zero-order valence-corrected chi connectivity index (χ0v) is 11.0. The Kier molecular flexibility index (Phi) is 4.52. The highest BCUT2D eigenvalue weighted by atomic mass is 16.3. The molecule has 3 N–H and O–H groups in total. The highest BCUT2D eigenvalue weighted by Gasteiger charge is 2.39. The van der Waals surface area contributed by atoms with Crippen LogP contribution in [0.3, 0.4) is 0 Å². The summed E-state index contributed by atoms with van der Waals surface area (Å²) < 4.78 is 0. The van der Waals surface area contributed by atoms with Gasteiger partial charge in [0.25, 0.3) is 0 Å². The Morgan fingerprint density at radius 3 is 2.68 bits per heavy atom. The lowest BCUT2D eigenvalue weighted by Crippen LogP contribution is -2.44. The van der Waals surface area contributed by atoms with E-state index < -0.39 is 12.2 Å². The molecule has 1 amide bonds. The van der Waals surface area contributed by atoms with E-state index in [4.69, 9.17) is 0 Å². The van der Waals surface area contributed by atoms with Gasteiger partial charge < -0.3 is 15.5 Å². The average molecular weight is 264 g/mol. The van der Waals surface area contributed by atoms with Gasteiger partial charge in [-0.2, -0.15) is 0 Å². The van der Waals surface area contributed by atoms with Gasteiger partial charge in [-0.15, -0.1) is 0 Å². The van der Waals surface area contributed by atoms with Crippen molar-refractivity contribution >= 4 is 5.91 Å². The number of aliphatic hydroxyl groups excluding tert-OH is 2. The first-order chi connectivity index (χ1) is 9.08. The van der Waals surface area contributed by atoms with Crippen LogP contribution in [-0.4, -0.2) is 52.4 Å². The number of carbonyl (C=O) groups is 1. The van der Waals surface area contributed by atoms with E-state index in [-0.39, 0.29) is 11.9 Å². The molecule has 5 heteroatoms. The van der Waals surface area contributed by atoms with Crippen molar-refractivity contribution in [2.75, 3.05) is 13.1 Å². The fraction of sp³-hybridized carbons (Fsp3) is 0.500. The maximum atomic E-state index is 11.0. The summed E-state index contributed by atoms with van der Waals surface area (Å²) >= 11 is 0. The topological polar surface area (TPSA) is 72.8 Å². The van der Waals surface area contributed by atoms with Gasteiger partial charge in [-0.05, 0) is 5.56 Å². The lowest BCUT2D eigenvalue weighted by Gasteiger charge is -2.25. The predicted molar refractivity (Wildman–Crippen MR) is 71.3 cm³/mol. The van der Waals surface area contributed by atoms with Crippen LogP contribution in [0.2, 0.25) is 0 Å². The van der Waals surface area contributed by atoms with E-state index in [1.54, 1.807) is 0 Å². The van der Waals surface area contributed by atoms with Crippen LogP contribution in [0.1, 0.15) is 12.5 Å². The molecule has 0 radical (unpaired) electrons. The fourth-order valence-corrected chi connectivity index (χ4v) is 2.45. The van der Waals surface area contributed by atoms with Gasteiger partial charge in [-0.3, -0.25) is 9.69 Å². The first kappa shape index (κ1) is 14.0. The van der Waals surface area contributed by atoms with Crippen LogP contribution in [0.4, 0.5) is 0 Å². The van der Waals surface area contributed by atoms with Crippen LogP contribution in [0.15, 0.2) is 30.3 Å². The third-order valence-corrected chi connectivity index (χ3v) is 3.47. The largest absolute Gasteiger partial charge is 0.389 e. The van der Waals surface area contributed by atoms with Gasteiger partial charge in [0.2, 0.25) is 5.91 Å². The number of amides is 1. The minimum absolute atomic E-state index is 0.131. The van der Waals surface area contributed by atoms with Gasteiger partial charge in [0, 0.05) is 26.6 Å². The van der Waals surface area contributed by atoms with Crippen LogP contribution >= 0.6 is 0 Å². The van der Waals surface area contributed by atoms with Crippen LogP contribution in [0, 0.1) is 0 Å². The number of benzene rings is 1. The molecule has 0 bridgehead atoms. The summed E-state index contributed by atoms with van der Waals surface area (Å²) in [6.45, 7) is 2.86. The lowest BCUT2D eigenvalue weighted by atomic mass is 10.1. The first-order valence-electron chi connectivity index (χ1n) is 6.46. The number of likely N-dealkylation sites (tertiary alicyclic amines) is 1. The van der Waals surface area contributed by atoms with Crippen molar-refractivity contribution in [3.05, 3.63) is 35.9 Å². The molecule has 19 heavy (non-hydrogen) atoms. The molecular weight excluding hydrogens is 244 g/mol. The molecule has 2 rings (SSSR count). The zero-order valence-electron chi connectivity index (χ0n) is 11.0. The smallest absolute Gasteiger partial charge is 0.216 e. The van der Waals surface area contributed by atoms with Crippen molar-refractivity contribution in [2.24, 2.45) is 0 Å². The highest BCUT2D eigenvalue weighted by Crippen LogP contribution is 2.20. The quantitative estimate of drug-likeness (QED) is 0.700. The Morgan fingerprint density at radius 2 is 2.05 bits per heavy atom. The molecule has 104 valence electrons. The number of aliphatic hydroxyl groups is 2. The van der Waals surface area contributed by atoms with Crippen molar-refractivity contribution in [1.82, 2.24) is 10.2 Å². The zero-order chi connectivity index (χ0) is 13.8. The van der Waals surface area contributed by atoms with E-state index in [1.165, 1.54) is 6.92 Å². The van der Waals surface area contributed by atoms with Crippen molar-refractivity contribution in [3.8, 4) is 0 Å². The Labute approximate surface area is 112 Å². The van der Waals surface area contributed by atoms with Crippen molar-refractivity contribution < 1.29 is 15.0 Å². The van der Waals surface area contributed by atoms with E-state index in [2.05, 4.69) is 5.32 Å². The van der Waals surface area contributed by atoms with Gasteiger partial charge >= 0.3 is 0 Å². The minimum Gasteiger partial charge on any atom is -0.389 e. The van der Waals surface area contributed by atoms with Gasteiger partial charge in [0.05, 0.1) is 18.2 Å². The average Bonchev–Trinajstić information content (AvgIpc) is 2.64. The maximum absolute atomic E-state index is 11.0. The summed E-state index contributed by atoms with van der Waals surface area (Å²) in [7, 11) is 0. The van der Waals surface area contributed by atoms with E-state index in [9.17, 15) is 15.0 Å². The monoisotopic (exact) mass is 264 g/mol. The molecule has 1 heterocycles. The summed E-state index contributed by atoms with van der Waals surface area (Å²) in [6, 6.07) is 9.63. The van der Waals surface area contributed by atoms with E-state index in [0.717, 1.165) is 5.56 Å². The molecule has 1 aliphatic rings. The second kappa shape index (κ2) is 6.14. The van der Waals surface area contributed by atoms with E-state index in [0.29, 0.717) is 19.6 Å². The first-order valence-corrected chi connectivity index (χ1v) is 6.46. The summed E-state index contributed by atoms with van der Waals surface area (Å²) in [5, 5.41) is 22.5. The molecule has 0 aromatic heterocycles. The SMILES string of the molecule is CC(=O)NCC1C(O)C(O)CN1Cc1ccccc1. The molecule has 0 aliphatic carbocycles. The van der Waals surface area contributed by atoms with E-state index in [1.807, 2.05) is 35.2 Å². The molecule has 0 spiro atoms. The number of carbonyl (C=O) groups excluding carboxylic acids is 1. The Morgan fingerprint density at radius 1 is 1.37 bits per heavy atom. The summed E-state index contributed by atoms with van der Waals surface area (Å²) in [5.74, 6) is -0.131. The Bertz CT molecular complexity index is 424. The molecule has 5 nitrogen and oxygen atoms in total. The van der Waals surface area contributed by atoms with Crippen LogP contribution in [0.25, 0.3) is 0 Å². The number of β-amino-alcohol motifs (C(OH)–C–C–N with tert-alkyl or cyclic N) is 1. The maximum Gasteiger partial charge on any atom is 0.216 e. The third-order valence-electron chi connectivity index (χ3n) is 3.47. The number of hydrogen-bond donors (Lipinski definition) is 3. The second-order valence-corrected chi connectivity index (χ2v) is 4.98. The van der Waals surface area contributed by atoms with Crippen molar-refractivity contribution in [2.45, 2.75) is 31.7 Å². The van der Waals surface area contributed by atoms with Gasteiger partial charge in [-0.1, -0.05) is 30.3 Å². The van der Waals surface area contributed by atoms with Crippen LogP contribution < -0.4 is 5.32 Å². The lowest BCUT2D eigenvalue weighted by molar-refractivity contribution is -0.119. The molecule has 1 saturated heterocycles. The molecule has 3 unspecified atom stereocenters. The summed E-state index contributed by atoms with van der Waals surface area (Å²) in [5.41, 5.74) is 1.12. The van der Waals surface area contributed by atoms with Gasteiger partial charge in [-0.25, -0.2) is 0 Å². The predicted octanol–water partition coefficient (Wildman–Crippen LogP) is -0.271. The molecule has 1 aliphatic heterocycles. The molecule has 1 fully saturated rings. The highest BCUT2D eigenvalue weighted by molar-refractivity contribution is 5.72. The minimum atomic E-state index is -0.824. The number of rotatable bonds is 4. The van der Waals surface area contributed by atoms with Gasteiger partial charge in [0.1, 0.15) is 0 Å². The van der Waals surface area contributed by atoms with E-state index >= 15 is 0 Å². The van der Waals surface area contributed by atoms with Gasteiger partial charge in [0.15, 0.2) is 0 Å². The molecule has 3 atom stereocenters. The molecule has 0 saturated carbocycles. The molecular formula is C14H20N2O3. The molecule has 1 aromatic carbocycles. The Hall–Kier alpha value is -1.43. The standard InChI is InChI=1S/C14H20N2O3/c1-10(17)15-7-12-14(19)13(18)9-16(12)8-11-5-3-2-4-6-11/h2-6,12-14,18-19H,7-9H2,1H3,(H,15,17). The number of nitrogens with zero attached hydrogens (tertiary/aromatic N) is 1.